The number of aromatic amines is 1. The molecule has 76 valence electrons. The highest BCUT2D eigenvalue weighted by Crippen LogP contribution is 2.18. The lowest BCUT2D eigenvalue weighted by molar-refractivity contribution is 0.878. The summed E-state index contributed by atoms with van der Waals surface area (Å²) >= 11 is 0. The molecule has 14 heavy (non-hydrogen) atoms. The molecule has 5 heteroatoms. The van der Waals surface area contributed by atoms with Crippen LogP contribution in [-0.2, 0) is 6.54 Å². The Hall–Kier alpha value is -1.52. The molecule has 1 saturated carbocycles. The van der Waals surface area contributed by atoms with Crippen molar-refractivity contribution in [2.75, 3.05) is 0 Å². The lowest BCUT2D eigenvalue weighted by Crippen LogP contribution is -2.33. The van der Waals surface area contributed by atoms with Crippen LogP contribution in [0.3, 0.4) is 0 Å². The van der Waals surface area contributed by atoms with Crippen LogP contribution in [0.25, 0.3) is 0 Å². The molecule has 0 atom stereocenters. The predicted octanol–water partition coefficient (Wildman–Crippen LogP) is 0.285. The van der Waals surface area contributed by atoms with E-state index in [1.807, 2.05) is 6.92 Å². The summed E-state index contributed by atoms with van der Waals surface area (Å²) in [5, 5.41) is 9.92. The van der Waals surface area contributed by atoms with Crippen molar-refractivity contribution in [1.29, 1.82) is 0 Å². The molecule has 0 amide bonds. The Bertz CT molecular complexity index is 337. The van der Waals surface area contributed by atoms with Crippen LogP contribution in [0.1, 0.15) is 24.1 Å². The van der Waals surface area contributed by atoms with Gasteiger partial charge in [-0.1, -0.05) is 0 Å². The van der Waals surface area contributed by atoms with Crippen LogP contribution in [0.2, 0.25) is 0 Å². The van der Waals surface area contributed by atoms with Gasteiger partial charge in [0.25, 0.3) is 0 Å². The molecular formula is C9H15N5. The van der Waals surface area contributed by atoms with E-state index in [-0.39, 0.29) is 0 Å². The second-order valence-corrected chi connectivity index (χ2v) is 3.64. The number of nitrogens with zero attached hydrogens (tertiary/aromatic N) is 2. The van der Waals surface area contributed by atoms with Crippen LogP contribution in [0.4, 0.5) is 0 Å². The van der Waals surface area contributed by atoms with E-state index in [2.05, 4.69) is 20.5 Å². The summed E-state index contributed by atoms with van der Waals surface area (Å²) in [7, 11) is 0. The van der Waals surface area contributed by atoms with Crippen LogP contribution in [0, 0.1) is 6.92 Å². The van der Waals surface area contributed by atoms with Gasteiger partial charge < -0.3 is 11.1 Å². The average Bonchev–Trinajstić information content (AvgIpc) is 2.86. The Balaban J connectivity index is 1.88. The molecule has 5 nitrogen and oxygen atoms in total. The fourth-order valence-corrected chi connectivity index (χ4v) is 1.19. The number of aromatic nitrogens is 2. The van der Waals surface area contributed by atoms with Crippen LogP contribution in [0.5, 0.6) is 0 Å². The topological polar surface area (TPSA) is 79.1 Å². The monoisotopic (exact) mass is 193 g/mol. The van der Waals surface area contributed by atoms with Crippen molar-refractivity contribution in [3.63, 3.8) is 0 Å². The first-order chi connectivity index (χ1) is 6.75. The summed E-state index contributed by atoms with van der Waals surface area (Å²) in [4.78, 5) is 4.23. The summed E-state index contributed by atoms with van der Waals surface area (Å²) in [6.07, 6.45) is 4.20. The zero-order chi connectivity index (χ0) is 9.97. The van der Waals surface area contributed by atoms with Crippen molar-refractivity contribution >= 4 is 5.96 Å². The van der Waals surface area contributed by atoms with Crippen molar-refractivity contribution in [3.8, 4) is 0 Å². The minimum atomic E-state index is 0.535. The Morgan fingerprint density at radius 2 is 2.57 bits per heavy atom. The van der Waals surface area contributed by atoms with E-state index in [9.17, 15) is 0 Å². The normalized spacial score (nSPS) is 17.1. The lowest BCUT2D eigenvalue weighted by Gasteiger charge is -2.02. The number of aliphatic imine (C=N–C) groups is 1. The van der Waals surface area contributed by atoms with Crippen molar-refractivity contribution in [2.24, 2.45) is 10.7 Å². The van der Waals surface area contributed by atoms with Crippen molar-refractivity contribution in [2.45, 2.75) is 32.4 Å². The molecule has 0 spiro atoms. The fraction of sp³-hybridized carbons (Fsp3) is 0.556. The Labute approximate surface area is 82.8 Å². The number of guanidine groups is 1. The summed E-state index contributed by atoms with van der Waals surface area (Å²) < 4.78 is 0. The van der Waals surface area contributed by atoms with Gasteiger partial charge in [-0.3, -0.25) is 5.10 Å². The van der Waals surface area contributed by atoms with E-state index in [0.29, 0.717) is 18.5 Å². The molecule has 1 heterocycles. The van der Waals surface area contributed by atoms with Crippen LogP contribution >= 0.6 is 0 Å². The van der Waals surface area contributed by atoms with Gasteiger partial charge >= 0.3 is 0 Å². The second-order valence-electron chi connectivity index (χ2n) is 3.64. The van der Waals surface area contributed by atoms with E-state index in [4.69, 9.17) is 5.73 Å². The summed E-state index contributed by atoms with van der Waals surface area (Å²) in [6, 6.07) is 0.559. The molecule has 0 aliphatic heterocycles. The first-order valence-electron chi connectivity index (χ1n) is 4.81. The third-order valence-corrected chi connectivity index (χ3v) is 2.28. The highest BCUT2D eigenvalue weighted by Gasteiger charge is 2.21. The SMILES string of the molecule is Cc1[nH]ncc1CN=C(N)NC1CC1. The predicted molar refractivity (Wildman–Crippen MR) is 54.8 cm³/mol. The Morgan fingerprint density at radius 3 is 3.14 bits per heavy atom. The lowest BCUT2D eigenvalue weighted by atomic mass is 10.3. The van der Waals surface area contributed by atoms with E-state index in [1.165, 1.54) is 12.8 Å². The van der Waals surface area contributed by atoms with E-state index >= 15 is 0 Å². The van der Waals surface area contributed by atoms with Gasteiger partial charge in [-0.25, -0.2) is 4.99 Å². The Morgan fingerprint density at radius 1 is 1.79 bits per heavy atom. The highest BCUT2D eigenvalue weighted by molar-refractivity contribution is 5.78. The maximum Gasteiger partial charge on any atom is 0.189 e. The van der Waals surface area contributed by atoms with Crippen molar-refractivity contribution in [1.82, 2.24) is 15.5 Å². The standard InChI is InChI=1S/C9H15N5/c1-6-7(5-12-14-6)4-11-9(10)13-8-2-3-8/h5,8H,2-4H2,1H3,(H,12,14)(H3,10,11,13). The first kappa shape index (κ1) is 9.05. The van der Waals surface area contributed by atoms with Gasteiger partial charge in [-0.05, 0) is 19.8 Å². The molecular weight excluding hydrogens is 178 g/mol. The zero-order valence-electron chi connectivity index (χ0n) is 8.25. The molecule has 2 rings (SSSR count). The van der Waals surface area contributed by atoms with Gasteiger partial charge in [0.05, 0.1) is 12.7 Å². The summed E-state index contributed by atoms with van der Waals surface area (Å²) in [5.41, 5.74) is 7.83. The van der Waals surface area contributed by atoms with Gasteiger partial charge in [0.15, 0.2) is 5.96 Å². The quantitative estimate of drug-likeness (QED) is 0.476. The van der Waals surface area contributed by atoms with Crippen LogP contribution in [0.15, 0.2) is 11.2 Å². The number of nitrogens with one attached hydrogen (secondary N) is 2. The number of nitrogens with two attached hydrogens (primary N) is 1. The van der Waals surface area contributed by atoms with E-state index in [1.54, 1.807) is 6.20 Å². The molecule has 1 aromatic rings. The largest absolute Gasteiger partial charge is 0.370 e. The third kappa shape index (κ3) is 2.25. The van der Waals surface area contributed by atoms with Crippen LogP contribution < -0.4 is 11.1 Å². The third-order valence-electron chi connectivity index (χ3n) is 2.28. The smallest absolute Gasteiger partial charge is 0.189 e. The van der Waals surface area contributed by atoms with Gasteiger partial charge in [0.1, 0.15) is 0 Å². The van der Waals surface area contributed by atoms with E-state index < -0.39 is 0 Å². The fourth-order valence-electron chi connectivity index (χ4n) is 1.19. The van der Waals surface area contributed by atoms with Gasteiger partial charge in [0, 0.05) is 17.3 Å². The van der Waals surface area contributed by atoms with E-state index in [0.717, 1.165) is 11.3 Å². The molecule has 1 aliphatic carbocycles. The van der Waals surface area contributed by atoms with Crippen LogP contribution in [-0.4, -0.2) is 22.2 Å². The second kappa shape index (κ2) is 3.69. The van der Waals surface area contributed by atoms with Gasteiger partial charge in [0.2, 0.25) is 0 Å². The molecule has 4 N–H and O–H groups in total. The molecule has 1 fully saturated rings. The zero-order valence-corrected chi connectivity index (χ0v) is 8.25. The first-order valence-corrected chi connectivity index (χ1v) is 4.81. The summed E-state index contributed by atoms with van der Waals surface area (Å²) in [6.45, 7) is 2.57. The molecule has 0 aromatic carbocycles. The molecule has 0 saturated heterocycles. The van der Waals surface area contributed by atoms with Crippen molar-refractivity contribution in [3.05, 3.63) is 17.5 Å². The highest BCUT2D eigenvalue weighted by atomic mass is 15.1. The minimum Gasteiger partial charge on any atom is -0.370 e. The summed E-state index contributed by atoms with van der Waals surface area (Å²) in [5.74, 6) is 0.535. The number of hydrogen-bond donors (Lipinski definition) is 3. The number of aryl methyl sites for hydroxylation is 1. The van der Waals surface area contributed by atoms with Gasteiger partial charge in [-0.15, -0.1) is 0 Å². The minimum absolute atomic E-state index is 0.535. The molecule has 0 unspecified atom stereocenters. The molecule has 1 aromatic heterocycles. The number of H-pyrrole nitrogens is 1. The maximum absolute atomic E-state index is 5.69. The average molecular weight is 193 g/mol. The molecule has 0 radical (unpaired) electrons. The number of rotatable bonds is 3. The Kier molecular flexibility index (Phi) is 2.39. The molecule has 0 bridgehead atoms. The maximum atomic E-state index is 5.69. The molecule has 1 aliphatic rings. The van der Waals surface area contributed by atoms with Gasteiger partial charge in [-0.2, -0.15) is 5.10 Å². The number of hydrogen-bond acceptors (Lipinski definition) is 2. The van der Waals surface area contributed by atoms with Crippen molar-refractivity contribution < 1.29 is 0 Å².